The molecule has 0 bridgehead atoms. The molecule has 0 radical (unpaired) electrons. The van der Waals surface area contributed by atoms with Crippen LogP contribution in [-0.4, -0.2) is 41.6 Å². The summed E-state index contributed by atoms with van der Waals surface area (Å²) >= 11 is 0. The van der Waals surface area contributed by atoms with E-state index < -0.39 is 10.0 Å². The van der Waals surface area contributed by atoms with Gasteiger partial charge in [-0.25, -0.2) is 8.42 Å². The van der Waals surface area contributed by atoms with Crippen molar-refractivity contribution in [1.82, 2.24) is 14.1 Å². The van der Waals surface area contributed by atoms with Crippen molar-refractivity contribution in [3.63, 3.8) is 0 Å². The van der Waals surface area contributed by atoms with E-state index in [1.165, 1.54) is 4.31 Å². The van der Waals surface area contributed by atoms with Crippen molar-refractivity contribution < 1.29 is 8.42 Å². The second-order valence-electron chi connectivity index (χ2n) is 4.97. The molecule has 0 unspecified atom stereocenters. The van der Waals surface area contributed by atoms with Gasteiger partial charge in [0.1, 0.15) is 4.90 Å². The number of halogens is 1. The Hall–Kier alpha value is -0.630. The van der Waals surface area contributed by atoms with E-state index in [1.807, 2.05) is 13.8 Å². The van der Waals surface area contributed by atoms with Gasteiger partial charge in [0.2, 0.25) is 10.0 Å². The van der Waals surface area contributed by atoms with Crippen LogP contribution in [0.4, 0.5) is 0 Å². The van der Waals surface area contributed by atoms with Crippen molar-refractivity contribution in [3.05, 3.63) is 11.4 Å². The first kappa shape index (κ1) is 17.4. The van der Waals surface area contributed by atoms with E-state index in [-0.39, 0.29) is 18.4 Å². The molecule has 2 N–H and O–H groups in total. The number of aromatic nitrogens is 2. The van der Waals surface area contributed by atoms with Crippen LogP contribution in [0.25, 0.3) is 0 Å². The number of rotatable bonds is 4. The first-order valence-corrected chi connectivity index (χ1v) is 8.16. The van der Waals surface area contributed by atoms with Crippen molar-refractivity contribution in [2.45, 2.75) is 44.0 Å². The first-order chi connectivity index (χ1) is 8.91. The molecule has 1 aliphatic heterocycles. The Morgan fingerprint density at radius 1 is 1.35 bits per heavy atom. The molecule has 0 amide bonds. The highest BCUT2D eigenvalue weighted by Crippen LogP contribution is 2.27. The number of sulfonamides is 1. The molecule has 1 saturated heterocycles. The fraction of sp³-hybridized carbons (Fsp3) is 0.750. The lowest BCUT2D eigenvalue weighted by Crippen LogP contribution is -2.32. The van der Waals surface area contributed by atoms with Gasteiger partial charge in [-0.05, 0) is 19.3 Å². The Bertz CT molecular complexity index is 570. The van der Waals surface area contributed by atoms with Gasteiger partial charge in [-0.2, -0.15) is 9.40 Å². The fourth-order valence-corrected chi connectivity index (χ4v) is 4.67. The molecule has 0 spiro atoms. The summed E-state index contributed by atoms with van der Waals surface area (Å²) in [6.07, 6.45) is 1.99. The molecule has 1 aromatic rings. The quantitative estimate of drug-likeness (QED) is 0.884. The highest BCUT2D eigenvalue weighted by molar-refractivity contribution is 7.89. The van der Waals surface area contributed by atoms with E-state index in [1.54, 1.807) is 11.7 Å². The van der Waals surface area contributed by atoms with Crippen molar-refractivity contribution in [1.29, 1.82) is 0 Å². The second-order valence-corrected chi connectivity index (χ2v) is 6.84. The molecule has 20 heavy (non-hydrogen) atoms. The lowest BCUT2D eigenvalue weighted by molar-refractivity contribution is 0.470. The Kier molecular flexibility index (Phi) is 5.60. The molecule has 1 fully saturated rings. The zero-order chi connectivity index (χ0) is 14.2. The summed E-state index contributed by atoms with van der Waals surface area (Å²) in [6, 6.07) is -0.0541. The van der Waals surface area contributed by atoms with Crippen LogP contribution in [-0.2, 0) is 29.9 Å². The van der Waals surface area contributed by atoms with Crippen LogP contribution in [0.2, 0.25) is 0 Å². The average Bonchev–Trinajstić information content (AvgIpc) is 2.93. The van der Waals surface area contributed by atoms with Gasteiger partial charge in [0.25, 0.3) is 0 Å². The van der Waals surface area contributed by atoms with Gasteiger partial charge in [0.05, 0.1) is 11.4 Å². The molecule has 2 rings (SSSR count). The highest BCUT2D eigenvalue weighted by atomic mass is 35.5. The first-order valence-electron chi connectivity index (χ1n) is 6.72. The van der Waals surface area contributed by atoms with Crippen molar-refractivity contribution in [2.24, 2.45) is 12.8 Å². The van der Waals surface area contributed by atoms with Crippen molar-refractivity contribution in [3.8, 4) is 0 Å². The largest absolute Gasteiger partial charge is 0.326 e. The van der Waals surface area contributed by atoms with E-state index in [0.717, 1.165) is 12.1 Å². The van der Waals surface area contributed by atoms with Gasteiger partial charge in [0.15, 0.2) is 0 Å². The minimum atomic E-state index is -3.47. The third-order valence-corrected chi connectivity index (χ3v) is 5.64. The molecule has 2 heterocycles. The summed E-state index contributed by atoms with van der Waals surface area (Å²) < 4.78 is 28.7. The normalized spacial score (nSPS) is 20.1. The maximum atomic E-state index is 12.8. The SMILES string of the molecule is CCc1nn(C)c(CC)c1S(=O)(=O)N1CC[C@H](N)C1.Cl. The molecule has 0 saturated carbocycles. The summed E-state index contributed by atoms with van der Waals surface area (Å²) in [4.78, 5) is 0.397. The van der Waals surface area contributed by atoms with Gasteiger partial charge < -0.3 is 5.73 Å². The van der Waals surface area contributed by atoms with Gasteiger partial charge in [-0.1, -0.05) is 13.8 Å². The number of hydrogen-bond acceptors (Lipinski definition) is 4. The van der Waals surface area contributed by atoms with Crippen LogP contribution < -0.4 is 5.73 Å². The van der Waals surface area contributed by atoms with E-state index in [4.69, 9.17) is 5.73 Å². The van der Waals surface area contributed by atoms with Crippen LogP contribution in [0.15, 0.2) is 4.90 Å². The Balaban J connectivity index is 0.00000200. The zero-order valence-corrected chi connectivity index (χ0v) is 13.8. The molecule has 6 nitrogen and oxygen atoms in total. The van der Waals surface area contributed by atoms with Crippen LogP contribution >= 0.6 is 12.4 Å². The number of hydrogen-bond donors (Lipinski definition) is 1. The van der Waals surface area contributed by atoms with Crippen LogP contribution in [0.1, 0.15) is 31.7 Å². The maximum Gasteiger partial charge on any atom is 0.246 e. The molecule has 1 aliphatic rings. The van der Waals surface area contributed by atoms with Gasteiger partial charge in [-0.15, -0.1) is 12.4 Å². The minimum Gasteiger partial charge on any atom is -0.326 e. The second kappa shape index (κ2) is 6.43. The van der Waals surface area contributed by atoms with E-state index in [2.05, 4.69) is 5.10 Å². The van der Waals surface area contributed by atoms with Crippen molar-refractivity contribution in [2.75, 3.05) is 13.1 Å². The summed E-state index contributed by atoms with van der Waals surface area (Å²) in [7, 11) is -1.67. The highest BCUT2D eigenvalue weighted by Gasteiger charge is 2.35. The minimum absolute atomic E-state index is 0. The molecule has 0 aliphatic carbocycles. The summed E-state index contributed by atoms with van der Waals surface area (Å²) in [5.74, 6) is 0. The average molecular weight is 323 g/mol. The Morgan fingerprint density at radius 3 is 2.45 bits per heavy atom. The van der Waals surface area contributed by atoms with Crippen LogP contribution in [0, 0.1) is 0 Å². The Labute approximate surface area is 126 Å². The lowest BCUT2D eigenvalue weighted by Gasteiger charge is -2.17. The van der Waals surface area contributed by atoms with E-state index in [0.29, 0.717) is 36.5 Å². The van der Waals surface area contributed by atoms with Gasteiger partial charge in [0, 0.05) is 26.2 Å². The smallest absolute Gasteiger partial charge is 0.246 e. The van der Waals surface area contributed by atoms with E-state index >= 15 is 0 Å². The van der Waals surface area contributed by atoms with Gasteiger partial charge in [-0.3, -0.25) is 4.68 Å². The fourth-order valence-electron chi connectivity index (χ4n) is 2.62. The molecular formula is C12H23ClN4O2S. The zero-order valence-electron chi connectivity index (χ0n) is 12.2. The van der Waals surface area contributed by atoms with Crippen molar-refractivity contribution >= 4 is 22.4 Å². The monoisotopic (exact) mass is 322 g/mol. The maximum absolute atomic E-state index is 12.8. The van der Waals surface area contributed by atoms with Crippen LogP contribution in [0.3, 0.4) is 0 Å². The lowest BCUT2D eigenvalue weighted by atomic mass is 10.2. The Morgan fingerprint density at radius 2 is 2.00 bits per heavy atom. The molecule has 0 aromatic carbocycles. The predicted molar refractivity (Wildman–Crippen MR) is 80.6 cm³/mol. The molecular weight excluding hydrogens is 300 g/mol. The molecule has 1 aromatic heterocycles. The molecule has 116 valence electrons. The summed E-state index contributed by atoms with van der Waals surface area (Å²) in [5, 5.41) is 4.34. The van der Waals surface area contributed by atoms with E-state index in [9.17, 15) is 8.42 Å². The number of nitrogens with zero attached hydrogens (tertiary/aromatic N) is 3. The molecule has 8 heteroatoms. The summed E-state index contributed by atoms with van der Waals surface area (Å²) in [5.41, 5.74) is 7.25. The predicted octanol–water partition coefficient (Wildman–Crippen LogP) is 0.688. The topological polar surface area (TPSA) is 81.2 Å². The third-order valence-electron chi connectivity index (χ3n) is 3.64. The third kappa shape index (κ3) is 2.86. The standard InChI is InChI=1S/C12H22N4O2S.ClH/c1-4-10-12(11(5-2)15(3)14-10)19(17,18)16-7-6-9(13)8-16;/h9H,4-8,13H2,1-3H3;1H/t9-;/m0./s1. The summed E-state index contributed by atoms with van der Waals surface area (Å²) in [6.45, 7) is 4.79. The molecule has 1 atom stereocenters. The van der Waals surface area contributed by atoms with Gasteiger partial charge >= 0.3 is 0 Å². The van der Waals surface area contributed by atoms with Crippen LogP contribution in [0.5, 0.6) is 0 Å². The number of aryl methyl sites for hydroxylation is 2. The number of nitrogens with two attached hydrogens (primary N) is 1.